The molecule has 0 radical (unpaired) electrons. The third-order valence-electron chi connectivity index (χ3n) is 3.59. The highest BCUT2D eigenvalue weighted by Gasteiger charge is 2.17. The molecule has 0 saturated heterocycles. The zero-order valence-corrected chi connectivity index (χ0v) is 17.0. The van der Waals surface area contributed by atoms with Gasteiger partial charge in [0, 0.05) is 25.3 Å². The van der Waals surface area contributed by atoms with Crippen LogP contribution in [0, 0.1) is 0 Å². The second kappa shape index (κ2) is 8.85. The van der Waals surface area contributed by atoms with Gasteiger partial charge in [0.05, 0.1) is 16.8 Å². The lowest BCUT2D eigenvalue weighted by atomic mass is 10.1. The number of hydrogen-bond acceptors (Lipinski definition) is 5. The highest BCUT2D eigenvalue weighted by Crippen LogP contribution is 2.20. The van der Waals surface area contributed by atoms with Crippen molar-refractivity contribution in [1.29, 1.82) is 0 Å². The second-order valence-electron chi connectivity index (χ2n) is 5.75. The molecule has 1 atom stereocenters. The lowest BCUT2D eigenvalue weighted by Crippen LogP contribution is -2.28. The van der Waals surface area contributed by atoms with Crippen LogP contribution in [0.25, 0.3) is 0 Å². The molecule has 1 aromatic heterocycles. The van der Waals surface area contributed by atoms with Crippen molar-refractivity contribution in [2.24, 2.45) is 0 Å². The van der Waals surface area contributed by atoms with Crippen LogP contribution in [0.2, 0.25) is 5.02 Å². The quantitative estimate of drug-likeness (QED) is 0.706. The maximum Gasteiger partial charge on any atom is 0.244 e. The molecule has 6 nitrogen and oxygen atoms in total. The number of hydrogen-bond donors (Lipinski definition) is 1. The largest absolute Gasteiger partial charge is 0.349 e. The standard InChI is InChI=1S/C17H20ClN3O3S2/c1-12(13-4-6-14(18)7-5-13)20-16(22)11-25-17-9-8-15(10-19-17)26(23,24)21(2)3/h4-10,12H,11H2,1-3H3,(H,20,22)/t12-/m1/s1. The molecule has 1 heterocycles. The van der Waals surface area contributed by atoms with Gasteiger partial charge in [-0.2, -0.15) is 0 Å². The Balaban J connectivity index is 1.90. The van der Waals surface area contributed by atoms with Crippen molar-refractivity contribution in [2.45, 2.75) is 22.9 Å². The Morgan fingerprint density at radius 1 is 1.23 bits per heavy atom. The average molecular weight is 414 g/mol. The topological polar surface area (TPSA) is 79.4 Å². The van der Waals surface area contributed by atoms with Crippen LogP contribution in [0.15, 0.2) is 52.5 Å². The predicted molar refractivity (Wildman–Crippen MR) is 104 cm³/mol. The predicted octanol–water partition coefficient (Wildman–Crippen LogP) is 2.95. The number of nitrogens with one attached hydrogen (secondary N) is 1. The molecule has 0 aliphatic carbocycles. The minimum absolute atomic E-state index is 0.118. The van der Waals surface area contributed by atoms with E-state index in [9.17, 15) is 13.2 Å². The minimum atomic E-state index is -3.50. The van der Waals surface area contributed by atoms with Crippen molar-refractivity contribution in [2.75, 3.05) is 19.8 Å². The van der Waals surface area contributed by atoms with Crippen LogP contribution in [0.3, 0.4) is 0 Å². The van der Waals surface area contributed by atoms with E-state index in [1.807, 2.05) is 19.1 Å². The van der Waals surface area contributed by atoms with E-state index in [0.29, 0.717) is 10.0 Å². The van der Waals surface area contributed by atoms with Gasteiger partial charge in [0.25, 0.3) is 0 Å². The van der Waals surface area contributed by atoms with Crippen molar-refractivity contribution >= 4 is 39.3 Å². The van der Waals surface area contributed by atoms with Crippen LogP contribution in [0.5, 0.6) is 0 Å². The molecule has 26 heavy (non-hydrogen) atoms. The fourth-order valence-corrected chi connectivity index (χ4v) is 3.70. The van der Waals surface area contributed by atoms with E-state index < -0.39 is 10.0 Å². The van der Waals surface area contributed by atoms with E-state index in [-0.39, 0.29) is 22.6 Å². The summed E-state index contributed by atoms with van der Waals surface area (Å²) in [6, 6.07) is 10.2. The number of thioether (sulfide) groups is 1. The number of sulfonamides is 1. The summed E-state index contributed by atoms with van der Waals surface area (Å²) in [6.07, 6.45) is 1.30. The Morgan fingerprint density at radius 2 is 1.88 bits per heavy atom. The first-order chi connectivity index (χ1) is 12.2. The maximum atomic E-state index is 12.1. The Hall–Kier alpha value is -1.61. The number of carbonyl (C=O) groups excluding carboxylic acids is 1. The number of carbonyl (C=O) groups is 1. The molecule has 140 valence electrons. The monoisotopic (exact) mass is 413 g/mol. The Bertz CT molecular complexity index is 854. The number of aromatic nitrogens is 1. The van der Waals surface area contributed by atoms with Crippen LogP contribution in [-0.4, -0.2) is 43.5 Å². The summed E-state index contributed by atoms with van der Waals surface area (Å²) in [5.41, 5.74) is 0.962. The number of halogens is 1. The number of benzene rings is 1. The summed E-state index contributed by atoms with van der Waals surface area (Å²) in [4.78, 5) is 16.3. The number of amides is 1. The van der Waals surface area contributed by atoms with Gasteiger partial charge in [0.1, 0.15) is 4.90 Å². The average Bonchev–Trinajstić information content (AvgIpc) is 2.60. The lowest BCUT2D eigenvalue weighted by molar-refractivity contribution is -0.119. The van der Waals surface area contributed by atoms with E-state index in [4.69, 9.17) is 11.6 Å². The van der Waals surface area contributed by atoms with Crippen molar-refractivity contribution < 1.29 is 13.2 Å². The van der Waals surface area contributed by atoms with Gasteiger partial charge in [-0.05, 0) is 36.8 Å². The molecule has 1 amide bonds. The Labute approximate surface area is 163 Å². The van der Waals surface area contributed by atoms with Gasteiger partial charge >= 0.3 is 0 Å². The fraction of sp³-hybridized carbons (Fsp3) is 0.294. The molecule has 2 aromatic rings. The van der Waals surface area contributed by atoms with Gasteiger partial charge in [0.15, 0.2) is 0 Å². The Morgan fingerprint density at radius 3 is 2.42 bits per heavy atom. The van der Waals surface area contributed by atoms with Gasteiger partial charge in [-0.3, -0.25) is 4.79 Å². The molecule has 0 unspecified atom stereocenters. The van der Waals surface area contributed by atoms with Gasteiger partial charge in [-0.1, -0.05) is 35.5 Å². The maximum absolute atomic E-state index is 12.1. The van der Waals surface area contributed by atoms with Crippen molar-refractivity contribution in [3.63, 3.8) is 0 Å². The third-order valence-corrected chi connectivity index (χ3v) is 6.58. The molecule has 0 aliphatic heterocycles. The molecule has 0 aliphatic rings. The summed E-state index contributed by atoms with van der Waals surface area (Å²) in [7, 11) is -0.577. The highest BCUT2D eigenvalue weighted by molar-refractivity contribution is 7.99. The molecule has 0 saturated carbocycles. The van der Waals surface area contributed by atoms with E-state index in [0.717, 1.165) is 9.87 Å². The zero-order valence-electron chi connectivity index (χ0n) is 14.6. The molecule has 1 N–H and O–H groups in total. The molecular formula is C17H20ClN3O3S2. The first-order valence-electron chi connectivity index (χ1n) is 7.76. The summed E-state index contributed by atoms with van der Waals surface area (Å²) >= 11 is 7.10. The third kappa shape index (κ3) is 5.44. The van der Waals surface area contributed by atoms with Gasteiger partial charge in [-0.15, -0.1) is 0 Å². The van der Waals surface area contributed by atoms with Gasteiger partial charge < -0.3 is 5.32 Å². The van der Waals surface area contributed by atoms with Crippen molar-refractivity contribution in [1.82, 2.24) is 14.6 Å². The molecule has 0 bridgehead atoms. The molecule has 9 heteroatoms. The normalized spacial score (nSPS) is 12.8. The first-order valence-corrected chi connectivity index (χ1v) is 10.6. The minimum Gasteiger partial charge on any atom is -0.349 e. The van der Waals surface area contributed by atoms with Crippen molar-refractivity contribution in [3.05, 3.63) is 53.2 Å². The van der Waals surface area contributed by atoms with Crippen LogP contribution in [0.4, 0.5) is 0 Å². The van der Waals surface area contributed by atoms with Gasteiger partial charge in [-0.25, -0.2) is 17.7 Å². The SMILES string of the molecule is C[C@@H](NC(=O)CSc1ccc(S(=O)(=O)N(C)C)cn1)c1ccc(Cl)cc1. The summed E-state index contributed by atoms with van der Waals surface area (Å²) in [5.74, 6) is 0.0503. The van der Waals surface area contributed by atoms with E-state index in [1.165, 1.54) is 38.1 Å². The highest BCUT2D eigenvalue weighted by atomic mass is 35.5. The molecular weight excluding hydrogens is 394 g/mol. The van der Waals surface area contributed by atoms with Crippen LogP contribution in [-0.2, 0) is 14.8 Å². The number of nitrogens with zero attached hydrogens (tertiary/aromatic N) is 2. The molecule has 0 fully saturated rings. The van der Waals surface area contributed by atoms with E-state index >= 15 is 0 Å². The van der Waals surface area contributed by atoms with E-state index in [1.54, 1.807) is 18.2 Å². The fourth-order valence-electron chi connectivity index (χ4n) is 2.07. The van der Waals surface area contributed by atoms with Crippen LogP contribution < -0.4 is 5.32 Å². The van der Waals surface area contributed by atoms with Gasteiger partial charge in [0.2, 0.25) is 15.9 Å². The zero-order chi connectivity index (χ0) is 19.3. The second-order valence-corrected chi connectivity index (χ2v) is 9.33. The summed E-state index contributed by atoms with van der Waals surface area (Å²) < 4.78 is 25.1. The van der Waals surface area contributed by atoms with Crippen molar-refractivity contribution in [3.8, 4) is 0 Å². The summed E-state index contributed by atoms with van der Waals surface area (Å²) in [5, 5.41) is 4.13. The first kappa shape index (κ1) is 20.7. The van der Waals surface area contributed by atoms with Crippen LogP contribution in [0.1, 0.15) is 18.5 Å². The number of rotatable bonds is 7. The van der Waals surface area contributed by atoms with Crippen LogP contribution >= 0.6 is 23.4 Å². The smallest absolute Gasteiger partial charge is 0.244 e. The van der Waals surface area contributed by atoms with E-state index in [2.05, 4.69) is 10.3 Å². The number of pyridine rings is 1. The molecule has 2 rings (SSSR count). The Kier molecular flexibility index (Phi) is 7.05. The lowest BCUT2D eigenvalue weighted by Gasteiger charge is -2.14. The molecule has 0 spiro atoms. The summed E-state index contributed by atoms with van der Waals surface area (Å²) in [6.45, 7) is 1.89. The molecule has 1 aromatic carbocycles.